The van der Waals surface area contributed by atoms with Crippen LogP contribution in [0, 0.1) is 0 Å². The van der Waals surface area contributed by atoms with Crippen molar-refractivity contribution in [3.05, 3.63) is 0 Å². The summed E-state index contributed by atoms with van der Waals surface area (Å²) in [4.78, 5) is 10.0. The summed E-state index contributed by atoms with van der Waals surface area (Å²) in [5, 5.41) is 11.1. The van der Waals surface area contributed by atoms with Crippen LogP contribution in [0.3, 0.4) is 0 Å². The molecule has 0 bridgehead atoms. The lowest BCUT2D eigenvalue weighted by atomic mass is 10.1. The predicted molar refractivity (Wildman–Crippen MR) is 23.4 cm³/mol. The van der Waals surface area contributed by atoms with Crippen LogP contribution in [0.5, 0.6) is 0 Å². The van der Waals surface area contributed by atoms with Crippen molar-refractivity contribution in [3.63, 3.8) is 0 Å². The molecular weight excluding hydrogens is 94.0 g/mol. The molecule has 1 fully saturated rings. The largest absolute Gasteiger partial charge is 0.371 e. The average molecular weight is 101 g/mol. The minimum absolute atomic E-state index is 0.0787. The number of nitrogens with one attached hydrogen (secondary N) is 1. The Bertz CT molecular complexity index is 98.3. The first-order chi connectivity index (χ1) is 3.10. The fourth-order valence-corrected chi connectivity index (χ4v) is 0.595. The summed E-state index contributed by atoms with van der Waals surface area (Å²) in [5.74, 6) is -0.0787. The van der Waals surface area contributed by atoms with Gasteiger partial charge >= 0.3 is 0 Å². The van der Waals surface area contributed by atoms with Gasteiger partial charge in [-0.3, -0.25) is 4.79 Å². The van der Waals surface area contributed by atoms with Gasteiger partial charge in [-0.2, -0.15) is 0 Å². The smallest absolute Gasteiger partial charge is 0.227 e. The summed E-state index contributed by atoms with van der Waals surface area (Å²) in [6, 6.07) is 0. The number of rotatable bonds is 0. The van der Waals surface area contributed by atoms with Crippen molar-refractivity contribution in [2.75, 3.05) is 0 Å². The summed E-state index contributed by atoms with van der Waals surface area (Å²) in [7, 11) is 0. The van der Waals surface area contributed by atoms with Crippen molar-refractivity contribution < 1.29 is 9.90 Å². The summed E-state index contributed by atoms with van der Waals surface area (Å²) >= 11 is 0. The highest BCUT2D eigenvalue weighted by Crippen LogP contribution is 2.13. The second-order valence-electron chi connectivity index (χ2n) is 2.00. The van der Waals surface area contributed by atoms with Crippen LogP contribution in [0.4, 0.5) is 0 Å². The molecule has 1 aliphatic rings. The summed E-state index contributed by atoms with van der Waals surface area (Å²) < 4.78 is 0. The van der Waals surface area contributed by atoms with Gasteiger partial charge in [0.05, 0.1) is 6.42 Å². The van der Waals surface area contributed by atoms with Crippen molar-refractivity contribution in [1.82, 2.24) is 5.32 Å². The number of carbonyl (C=O) groups excluding carboxylic acids is 1. The van der Waals surface area contributed by atoms with Gasteiger partial charge in [0, 0.05) is 0 Å². The second kappa shape index (κ2) is 0.980. The molecule has 1 saturated heterocycles. The van der Waals surface area contributed by atoms with Crippen molar-refractivity contribution >= 4 is 5.91 Å². The molecule has 3 nitrogen and oxygen atoms in total. The highest BCUT2D eigenvalue weighted by molar-refractivity contribution is 5.83. The monoisotopic (exact) mass is 101 g/mol. The van der Waals surface area contributed by atoms with Crippen molar-refractivity contribution in [2.45, 2.75) is 19.1 Å². The molecule has 0 spiro atoms. The van der Waals surface area contributed by atoms with Crippen LogP contribution < -0.4 is 5.32 Å². The van der Waals surface area contributed by atoms with E-state index >= 15 is 0 Å². The third-order valence-corrected chi connectivity index (χ3v) is 0.913. The Hall–Kier alpha value is -0.570. The Labute approximate surface area is 41.3 Å². The molecule has 0 saturated carbocycles. The molecular formula is C4H7NO2. The maximum atomic E-state index is 10.0. The minimum Gasteiger partial charge on any atom is -0.371 e. The molecule has 1 unspecified atom stereocenters. The van der Waals surface area contributed by atoms with E-state index in [-0.39, 0.29) is 12.3 Å². The molecule has 1 atom stereocenters. The lowest BCUT2D eigenvalue weighted by molar-refractivity contribution is -0.147. The van der Waals surface area contributed by atoms with Crippen molar-refractivity contribution in [1.29, 1.82) is 0 Å². The first-order valence-electron chi connectivity index (χ1n) is 2.13. The van der Waals surface area contributed by atoms with Gasteiger partial charge in [-0.15, -0.1) is 0 Å². The lowest BCUT2D eigenvalue weighted by Crippen LogP contribution is -2.58. The topological polar surface area (TPSA) is 49.3 Å². The molecule has 0 aromatic heterocycles. The first kappa shape index (κ1) is 4.59. The van der Waals surface area contributed by atoms with E-state index in [0.717, 1.165) is 0 Å². The van der Waals surface area contributed by atoms with Gasteiger partial charge < -0.3 is 10.4 Å². The average Bonchev–Trinajstić information content (AvgIpc) is 1.27. The maximum Gasteiger partial charge on any atom is 0.227 e. The van der Waals surface area contributed by atoms with E-state index in [1.54, 1.807) is 6.92 Å². The van der Waals surface area contributed by atoms with Gasteiger partial charge in [-0.1, -0.05) is 0 Å². The maximum absolute atomic E-state index is 10.0. The molecule has 1 heterocycles. The molecule has 0 aromatic carbocycles. The normalized spacial score (nSPS) is 39.4. The summed E-state index contributed by atoms with van der Waals surface area (Å²) in [5.41, 5.74) is -0.906. The van der Waals surface area contributed by atoms with Crippen LogP contribution in [-0.2, 0) is 4.79 Å². The highest BCUT2D eigenvalue weighted by Gasteiger charge is 2.35. The van der Waals surface area contributed by atoms with Crippen LogP contribution >= 0.6 is 0 Å². The zero-order valence-corrected chi connectivity index (χ0v) is 4.06. The number of β-lactam (4-membered cyclic amide) rings is 1. The zero-order valence-electron chi connectivity index (χ0n) is 4.06. The van der Waals surface area contributed by atoms with Gasteiger partial charge in [0.25, 0.3) is 0 Å². The third kappa shape index (κ3) is 0.718. The predicted octanol–water partition coefficient (Wildman–Crippen LogP) is -0.785. The quantitative estimate of drug-likeness (QED) is 0.393. The number of aliphatic hydroxyl groups is 1. The van der Waals surface area contributed by atoms with Gasteiger partial charge in [0.2, 0.25) is 5.91 Å². The van der Waals surface area contributed by atoms with Crippen LogP contribution in [0.25, 0.3) is 0 Å². The Morgan fingerprint density at radius 3 is 2.43 bits per heavy atom. The molecule has 0 aromatic rings. The number of hydrogen-bond donors (Lipinski definition) is 2. The molecule has 0 aliphatic carbocycles. The Balaban J connectivity index is 2.43. The van der Waals surface area contributed by atoms with E-state index < -0.39 is 5.72 Å². The standard InChI is InChI=1S/C4H7NO2/c1-4(7)2-3(6)5-4/h7H,2H2,1H3,(H,5,6). The van der Waals surface area contributed by atoms with Gasteiger partial charge in [0.15, 0.2) is 0 Å². The van der Waals surface area contributed by atoms with Crippen molar-refractivity contribution in [3.8, 4) is 0 Å². The second-order valence-corrected chi connectivity index (χ2v) is 2.00. The highest BCUT2D eigenvalue weighted by atomic mass is 16.3. The van der Waals surface area contributed by atoms with Crippen LogP contribution in [0.15, 0.2) is 0 Å². The van der Waals surface area contributed by atoms with Gasteiger partial charge in [-0.05, 0) is 6.92 Å². The summed E-state index contributed by atoms with van der Waals surface area (Å²) in [6.45, 7) is 1.56. The zero-order chi connectivity index (χ0) is 5.49. The van der Waals surface area contributed by atoms with Crippen molar-refractivity contribution in [2.24, 2.45) is 0 Å². The van der Waals surface area contributed by atoms with Crippen LogP contribution in [0.2, 0.25) is 0 Å². The van der Waals surface area contributed by atoms with E-state index in [1.165, 1.54) is 0 Å². The van der Waals surface area contributed by atoms with E-state index in [2.05, 4.69) is 5.32 Å². The van der Waals surface area contributed by atoms with Crippen LogP contribution in [0.1, 0.15) is 13.3 Å². The number of amides is 1. The molecule has 2 N–H and O–H groups in total. The molecule has 1 aliphatic heterocycles. The minimum atomic E-state index is -0.906. The SMILES string of the molecule is CC1(O)CC(=O)N1. The van der Waals surface area contributed by atoms with Gasteiger partial charge in [0.1, 0.15) is 5.72 Å². The van der Waals surface area contributed by atoms with E-state index in [4.69, 9.17) is 5.11 Å². The third-order valence-electron chi connectivity index (χ3n) is 0.913. The molecule has 40 valence electrons. The van der Waals surface area contributed by atoms with Crippen LogP contribution in [-0.4, -0.2) is 16.7 Å². The fraction of sp³-hybridized carbons (Fsp3) is 0.750. The Morgan fingerprint density at radius 2 is 2.43 bits per heavy atom. The molecule has 0 radical (unpaired) electrons. The van der Waals surface area contributed by atoms with E-state index in [9.17, 15) is 4.79 Å². The fourth-order valence-electron chi connectivity index (χ4n) is 0.595. The molecule has 1 amide bonds. The van der Waals surface area contributed by atoms with E-state index in [0.29, 0.717) is 0 Å². The van der Waals surface area contributed by atoms with E-state index in [1.807, 2.05) is 0 Å². The molecule has 1 rings (SSSR count). The number of carbonyl (C=O) groups is 1. The first-order valence-corrected chi connectivity index (χ1v) is 2.13. The Kier molecular flexibility index (Phi) is 0.642. The molecule has 7 heavy (non-hydrogen) atoms. The summed E-state index contributed by atoms with van der Waals surface area (Å²) in [6.07, 6.45) is 0.243. The lowest BCUT2D eigenvalue weighted by Gasteiger charge is -2.32. The number of hydrogen-bond acceptors (Lipinski definition) is 2. The van der Waals surface area contributed by atoms with Gasteiger partial charge in [-0.25, -0.2) is 0 Å². The Morgan fingerprint density at radius 1 is 2.00 bits per heavy atom. The molecule has 3 heteroatoms.